The summed E-state index contributed by atoms with van der Waals surface area (Å²) in [6.45, 7) is 9.33. The number of benzene rings is 1. The molecular formula is C22H35N3O2. The molecule has 2 amide bonds. The highest BCUT2D eigenvalue weighted by Gasteiger charge is 2.28. The van der Waals surface area contributed by atoms with Gasteiger partial charge in [-0.3, -0.25) is 9.59 Å². The second-order valence-corrected chi connectivity index (χ2v) is 8.94. The summed E-state index contributed by atoms with van der Waals surface area (Å²) in [6, 6.07) is 8.11. The molecule has 1 saturated heterocycles. The number of carbonyl (C=O) groups excluding carboxylic acids is 2. The number of hydrogen-bond donors (Lipinski definition) is 1. The molecule has 1 fully saturated rings. The van der Waals surface area contributed by atoms with E-state index in [2.05, 4.69) is 24.1 Å². The van der Waals surface area contributed by atoms with Crippen molar-refractivity contribution in [2.45, 2.75) is 40.0 Å². The van der Waals surface area contributed by atoms with Crippen LogP contribution in [0.3, 0.4) is 0 Å². The van der Waals surface area contributed by atoms with E-state index in [4.69, 9.17) is 0 Å². The third-order valence-electron chi connectivity index (χ3n) is 5.18. The molecule has 1 aliphatic rings. The predicted molar refractivity (Wildman–Crippen MR) is 110 cm³/mol. The molecule has 0 aliphatic carbocycles. The van der Waals surface area contributed by atoms with Crippen molar-refractivity contribution in [3.8, 4) is 0 Å². The van der Waals surface area contributed by atoms with Crippen LogP contribution in [-0.4, -0.2) is 61.9 Å². The zero-order valence-electron chi connectivity index (χ0n) is 17.5. The van der Waals surface area contributed by atoms with Gasteiger partial charge >= 0.3 is 0 Å². The van der Waals surface area contributed by atoms with Crippen molar-refractivity contribution in [2.24, 2.45) is 11.3 Å². The lowest BCUT2D eigenvalue weighted by atomic mass is 9.91. The maximum Gasteiger partial charge on any atom is 0.226 e. The first-order chi connectivity index (χ1) is 12.7. The zero-order chi connectivity index (χ0) is 20.0. The molecule has 0 aromatic heterocycles. The van der Waals surface area contributed by atoms with E-state index in [0.717, 1.165) is 24.9 Å². The van der Waals surface area contributed by atoms with Crippen LogP contribution in [0.5, 0.6) is 0 Å². The van der Waals surface area contributed by atoms with Gasteiger partial charge in [-0.25, -0.2) is 0 Å². The van der Waals surface area contributed by atoms with Gasteiger partial charge < -0.3 is 15.1 Å². The Morgan fingerprint density at radius 1 is 1.15 bits per heavy atom. The topological polar surface area (TPSA) is 52.7 Å². The van der Waals surface area contributed by atoms with E-state index >= 15 is 0 Å². The smallest absolute Gasteiger partial charge is 0.226 e. The molecular weight excluding hydrogens is 338 g/mol. The molecule has 27 heavy (non-hydrogen) atoms. The van der Waals surface area contributed by atoms with Crippen LogP contribution < -0.4 is 5.32 Å². The SMILES string of the molecule is Cc1ccc(CC(=O)N2CCC(C(=O)NCC(C)(C)CN(C)C)CC2)cc1. The monoisotopic (exact) mass is 373 g/mol. The van der Waals surface area contributed by atoms with Gasteiger partial charge in [-0.15, -0.1) is 0 Å². The maximum absolute atomic E-state index is 12.5. The van der Waals surface area contributed by atoms with Crippen LogP contribution >= 0.6 is 0 Å². The third kappa shape index (κ3) is 6.98. The minimum absolute atomic E-state index is 0.0172. The van der Waals surface area contributed by atoms with E-state index in [1.54, 1.807) is 0 Å². The first-order valence-electron chi connectivity index (χ1n) is 9.92. The van der Waals surface area contributed by atoms with Gasteiger partial charge in [-0.05, 0) is 44.8 Å². The lowest BCUT2D eigenvalue weighted by Gasteiger charge is -2.33. The Kier molecular flexibility index (Phi) is 7.42. The Labute approximate surface area is 164 Å². The molecule has 0 bridgehead atoms. The van der Waals surface area contributed by atoms with Crippen molar-refractivity contribution in [1.29, 1.82) is 0 Å². The molecule has 1 N–H and O–H groups in total. The van der Waals surface area contributed by atoms with Crippen molar-refractivity contribution >= 4 is 11.8 Å². The van der Waals surface area contributed by atoms with Gasteiger partial charge in [0.2, 0.25) is 11.8 Å². The average molecular weight is 374 g/mol. The highest BCUT2D eigenvalue weighted by Crippen LogP contribution is 2.20. The molecule has 2 rings (SSSR count). The fourth-order valence-corrected chi connectivity index (χ4v) is 3.77. The van der Waals surface area contributed by atoms with Crippen molar-refractivity contribution in [1.82, 2.24) is 15.1 Å². The number of carbonyl (C=O) groups is 2. The summed E-state index contributed by atoms with van der Waals surface area (Å²) in [6.07, 6.45) is 1.94. The number of hydrogen-bond acceptors (Lipinski definition) is 3. The fraction of sp³-hybridized carbons (Fsp3) is 0.636. The molecule has 1 heterocycles. The molecule has 0 atom stereocenters. The summed E-state index contributed by atoms with van der Waals surface area (Å²) in [5, 5.41) is 3.12. The molecule has 150 valence electrons. The number of nitrogens with one attached hydrogen (secondary N) is 1. The number of aryl methyl sites for hydroxylation is 1. The Bertz CT molecular complexity index is 629. The molecule has 0 radical (unpaired) electrons. The van der Waals surface area contributed by atoms with Crippen molar-refractivity contribution in [3.63, 3.8) is 0 Å². The molecule has 1 aromatic rings. The number of likely N-dealkylation sites (tertiary alicyclic amines) is 1. The fourth-order valence-electron chi connectivity index (χ4n) is 3.77. The Morgan fingerprint density at radius 2 is 1.74 bits per heavy atom. The van der Waals surface area contributed by atoms with Crippen LogP contribution in [0.1, 0.15) is 37.8 Å². The van der Waals surface area contributed by atoms with Crippen LogP contribution in [0, 0.1) is 18.3 Å². The lowest BCUT2D eigenvalue weighted by molar-refractivity contribution is -0.135. The van der Waals surface area contributed by atoms with Crippen LogP contribution in [0.25, 0.3) is 0 Å². The number of nitrogens with zero attached hydrogens (tertiary/aromatic N) is 2. The van der Waals surface area contributed by atoms with Crippen LogP contribution in [0.2, 0.25) is 0 Å². The number of rotatable bonds is 7. The molecule has 5 nitrogen and oxygen atoms in total. The van der Waals surface area contributed by atoms with Gasteiger partial charge in [0, 0.05) is 32.1 Å². The lowest BCUT2D eigenvalue weighted by Crippen LogP contribution is -2.46. The normalized spacial score (nSPS) is 15.9. The highest BCUT2D eigenvalue weighted by atomic mass is 16.2. The van der Waals surface area contributed by atoms with Gasteiger partial charge in [0.15, 0.2) is 0 Å². The minimum atomic E-state index is 0.0172. The Morgan fingerprint density at radius 3 is 2.30 bits per heavy atom. The Hall–Kier alpha value is -1.88. The molecule has 0 spiro atoms. The van der Waals surface area contributed by atoms with E-state index in [1.165, 1.54) is 5.56 Å². The summed E-state index contributed by atoms with van der Waals surface area (Å²) in [5.41, 5.74) is 2.30. The molecule has 5 heteroatoms. The molecule has 1 aromatic carbocycles. The maximum atomic E-state index is 12.5. The van der Waals surface area contributed by atoms with Gasteiger partial charge in [-0.2, -0.15) is 0 Å². The van der Waals surface area contributed by atoms with Gasteiger partial charge in [0.1, 0.15) is 0 Å². The number of piperidine rings is 1. The van der Waals surface area contributed by atoms with Crippen molar-refractivity contribution in [2.75, 3.05) is 40.3 Å². The molecule has 0 saturated carbocycles. The molecule has 1 aliphatic heterocycles. The summed E-state index contributed by atoms with van der Waals surface area (Å²) in [4.78, 5) is 29.1. The summed E-state index contributed by atoms with van der Waals surface area (Å²) in [5.74, 6) is 0.306. The van der Waals surface area contributed by atoms with Crippen molar-refractivity contribution < 1.29 is 9.59 Å². The van der Waals surface area contributed by atoms with Gasteiger partial charge in [0.25, 0.3) is 0 Å². The second-order valence-electron chi connectivity index (χ2n) is 8.94. The van der Waals surface area contributed by atoms with Crippen molar-refractivity contribution in [3.05, 3.63) is 35.4 Å². The Balaban J connectivity index is 1.76. The highest BCUT2D eigenvalue weighted by molar-refractivity contribution is 5.81. The van der Waals surface area contributed by atoms with Crippen LogP contribution in [-0.2, 0) is 16.0 Å². The average Bonchev–Trinajstić information content (AvgIpc) is 2.61. The van der Waals surface area contributed by atoms with E-state index in [0.29, 0.717) is 26.1 Å². The predicted octanol–water partition coefficient (Wildman–Crippen LogP) is 2.48. The summed E-state index contributed by atoms with van der Waals surface area (Å²) < 4.78 is 0. The van der Waals surface area contributed by atoms with Gasteiger partial charge in [0.05, 0.1) is 6.42 Å². The first-order valence-corrected chi connectivity index (χ1v) is 9.92. The van der Waals surface area contributed by atoms with Crippen LogP contribution in [0.4, 0.5) is 0 Å². The minimum Gasteiger partial charge on any atom is -0.355 e. The molecule has 0 unspecified atom stereocenters. The van der Waals surface area contributed by atoms with E-state index in [1.807, 2.05) is 50.2 Å². The standard InChI is InChI=1S/C22H35N3O2/c1-17-6-8-18(9-7-17)14-20(26)25-12-10-19(11-13-25)21(27)23-15-22(2,3)16-24(4)5/h6-9,19H,10-16H2,1-5H3,(H,23,27). The van der Waals surface area contributed by atoms with E-state index in [9.17, 15) is 9.59 Å². The third-order valence-corrected chi connectivity index (χ3v) is 5.18. The second kappa shape index (κ2) is 9.36. The first kappa shape index (κ1) is 21.4. The number of amides is 2. The summed E-state index contributed by atoms with van der Waals surface area (Å²) in [7, 11) is 4.10. The quantitative estimate of drug-likeness (QED) is 0.799. The van der Waals surface area contributed by atoms with E-state index in [-0.39, 0.29) is 23.1 Å². The van der Waals surface area contributed by atoms with Gasteiger partial charge in [-0.1, -0.05) is 43.7 Å². The van der Waals surface area contributed by atoms with Crippen LogP contribution in [0.15, 0.2) is 24.3 Å². The van der Waals surface area contributed by atoms with E-state index < -0.39 is 0 Å². The zero-order valence-corrected chi connectivity index (χ0v) is 17.5. The summed E-state index contributed by atoms with van der Waals surface area (Å²) >= 11 is 0. The largest absolute Gasteiger partial charge is 0.355 e.